The van der Waals surface area contributed by atoms with E-state index >= 15 is 0 Å². The summed E-state index contributed by atoms with van der Waals surface area (Å²) in [6.07, 6.45) is 15.2. The van der Waals surface area contributed by atoms with Crippen molar-refractivity contribution in [3.05, 3.63) is 11.5 Å². The van der Waals surface area contributed by atoms with E-state index in [1.807, 2.05) is 12.3 Å². The lowest BCUT2D eigenvalue weighted by molar-refractivity contribution is -0.137. The molecule has 0 rings (SSSR count). The van der Waals surface area contributed by atoms with Gasteiger partial charge in [0.25, 0.3) is 0 Å². The molecule has 0 atom stereocenters. The van der Waals surface area contributed by atoms with Gasteiger partial charge < -0.3 is 4.74 Å². The predicted octanol–water partition coefficient (Wildman–Crippen LogP) is 5.72. The van der Waals surface area contributed by atoms with Gasteiger partial charge in [0.05, 0.1) is 6.61 Å². The first-order valence-corrected chi connectivity index (χ1v) is 9.31. The Labute approximate surface area is 129 Å². The van der Waals surface area contributed by atoms with Crippen LogP contribution in [0.2, 0.25) is 0 Å². The number of carbonyl (C=O) groups is 1. The predicted molar refractivity (Wildman–Crippen MR) is 90.1 cm³/mol. The summed E-state index contributed by atoms with van der Waals surface area (Å²) in [4.78, 5) is 11.0. The summed E-state index contributed by atoms with van der Waals surface area (Å²) in [7, 11) is 0. The minimum atomic E-state index is -0.233. The SMILES string of the molecule is CCCCCCCCCCCCS/C=C\C(=O)OCC. The molecule has 0 aromatic heterocycles. The third kappa shape index (κ3) is 15.6. The summed E-state index contributed by atoms with van der Waals surface area (Å²) in [6.45, 7) is 4.54. The number of hydrogen-bond donors (Lipinski definition) is 0. The third-order valence-electron chi connectivity index (χ3n) is 3.20. The number of esters is 1. The number of rotatable bonds is 14. The third-order valence-corrected chi connectivity index (χ3v) is 4.06. The summed E-state index contributed by atoms with van der Waals surface area (Å²) in [5, 5.41) is 1.85. The fourth-order valence-corrected chi connectivity index (χ4v) is 2.75. The number of unbranched alkanes of at least 4 members (excludes halogenated alkanes) is 9. The van der Waals surface area contributed by atoms with Gasteiger partial charge in [0.1, 0.15) is 0 Å². The van der Waals surface area contributed by atoms with Crippen LogP contribution >= 0.6 is 11.8 Å². The van der Waals surface area contributed by atoms with E-state index in [2.05, 4.69) is 6.92 Å². The van der Waals surface area contributed by atoms with Crippen molar-refractivity contribution < 1.29 is 9.53 Å². The van der Waals surface area contributed by atoms with Gasteiger partial charge >= 0.3 is 5.97 Å². The van der Waals surface area contributed by atoms with Crippen molar-refractivity contribution in [2.45, 2.75) is 78.1 Å². The lowest BCUT2D eigenvalue weighted by atomic mass is 10.1. The van der Waals surface area contributed by atoms with Crippen LogP contribution in [-0.4, -0.2) is 18.3 Å². The maximum absolute atomic E-state index is 11.0. The van der Waals surface area contributed by atoms with Gasteiger partial charge in [-0.1, -0.05) is 64.7 Å². The molecule has 20 heavy (non-hydrogen) atoms. The van der Waals surface area contributed by atoms with Crippen LogP contribution < -0.4 is 0 Å². The van der Waals surface area contributed by atoms with E-state index in [1.54, 1.807) is 11.8 Å². The van der Waals surface area contributed by atoms with Gasteiger partial charge in [0.15, 0.2) is 0 Å². The molecule has 0 aromatic carbocycles. The highest BCUT2D eigenvalue weighted by Crippen LogP contribution is 2.12. The molecule has 2 nitrogen and oxygen atoms in total. The summed E-state index contributed by atoms with van der Waals surface area (Å²) in [5.41, 5.74) is 0. The van der Waals surface area contributed by atoms with Crippen molar-refractivity contribution in [1.29, 1.82) is 0 Å². The molecular weight excluding hydrogens is 268 g/mol. The molecule has 0 radical (unpaired) electrons. The van der Waals surface area contributed by atoms with Crippen LogP contribution in [0.25, 0.3) is 0 Å². The molecule has 0 aliphatic rings. The first kappa shape index (κ1) is 19.6. The second-order valence-electron chi connectivity index (χ2n) is 5.11. The highest BCUT2D eigenvalue weighted by Gasteiger charge is 1.94. The van der Waals surface area contributed by atoms with E-state index in [1.165, 1.54) is 70.3 Å². The lowest BCUT2D eigenvalue weighted by Gasteiger charge is -2.01. The molecule has 0 saturated carbocycles. The quantitative estimate of drug-likeness (QED) is 0.233. The first-order valence-electron chi connectivity index (χ1n) is 8.26. The van der Waals surface area contributed by atoms with Crippen LogP contribution in [0.1, 0.15) is 78.1 Å². The van der Waals surface area contributed by atoms with Gasteiger partial charge in [-0.25, -0.2) is 4.79 Å². The van der Waals surface area contributed by atoms with Crippen LogP contribution in [0.4, 0.5) is 0 Å². The molecule has 0 bridgehead atoms. The molecule has 0 aromatic rings. The van der Waals surface area contributed by atoms with Gasteiger partial charge in [0, 0.05) is 6.08 Å². The van der Waals surface area contributed by atoms with E-state index in [-0.39, 0.29) is 5.97 Å². The Bertz CT molecular complexity index is 239. The molecule has 0 N–H and O–H groups in total. The van der Waals surface area contributed by atoms with E-state index in [4.69, 9.17) is 4.74 Å². The summed E-state index contributed by atoms with van der Waals surface area (Å²) < 4.78 is 4.81. The van der Waals surface area contributed by atoms with Crippen LogP contribution in [0.3, 0.4) is 0 Å². The number of thioether (sulfide) groups is 1. The van der Waals surface area contributed by atoms with Crippen molar-refractivity contribution in [3.8, 4) is 0 Å². The number of ether oxygens (including phenoxy) is 1. The molecular formula is C17H32O2S. The minimum absolute atomic E-state index is 0.233. The first-order chi connectivity index (χ1) is 9.81. The van der Waals surface area contributed by atoms with E-state index in [0.29, 0.717) is 6.61 Å². The molecule has 0 amide bonds. The minimum Gasteiger partial charge on any atom is -0.463 e. The fraction of sp³-hybridized carbons (Fsp3) is 0.824. The number of hydrogen-bond acceptors (Lipinski definition) is 3. The molecule has 0 fully saturated rings. The van der Waals surface area contributed by atoms with Crippen molar-refractivity contribution in [2.75, 3.05) is 12.4 Å². The van der Waals surface area contributed by atoms with Gasteiger partial charge in [-0.3, -0.25) is 0 Å². The Balaban J connectivity index is 3.11. The second kappa shape index (κ2) is 16.6. The maximum atomic E-state index is 11.0. The van der Waals surface area contributed by atoms with Gasteiger partial charge in [0.2, 0.25) is 0 Å². The van der Waals surface area contributed by atoms with Crippen LogP contribution in [0, 0.1) is 0 Å². The zero-order valence-corrected chi connectivity index (χ0v) is 14.2. The highest BCUT2D eigenvalue weighted by molar-refractivity contribution is 8.02. The molecule has 0 spiro atoms. The average Bonchev–Trinajstić information content (AvgIpc) is 2.44. The van der Waals surface area contributed by atoms with Crippen LogP contribution in [0.15, 0.2) is 11.5 Å². The molecule has 118 valence electrons. The van der Waals surface area contributed by atoms with Crippen molar-refractivity contribution in [3.63, 3.8) is 0 Å². The topological polar surface area (TPSA) is 26.3 Å². The van der Waals surface area contributed by atoms with Crippen molar-refractivity contribution in [1.82, 2.24) is 0 Å². The van der Waals surface area contributed by atoms with E-state index < -0.39 is 0 Å². The van der Waals surface area contributed by atoms with Gasteiger partial charge in [-0.15, -0.1) is 11.8 Å². The Morgan fingerprint density at radius 2 is 1.45 bits per heavy atom. The second-order valence-corrected chi connectivity index (χ2v) is 6.12. The zero-order valence-electron chi connectivity index (χ0n) is 13.4. The molecule has 3 heteroatoms. The largest absolute Gasteiger partial charge is 0.463 e. The average molecular weight is 301 g/mol. The molecule has 0 aliphatic heterocycles. The van der Waals surface area contributed by atoms with Crippen LogP contribution in [-0.2, 0) is 9.53 Å². The lowest BCUT2D eigenvalue weighted by Crippen LogP contribution is -1.98. The zero-order chi connectivity index (χ0) is 14.9. The van der Waals surface area contributed by atoms with Crippen molar-refractivity contribution in [2.24, 2.45) is 0 Å². The Hall–Kier alpha value is -0.440. The Morgan fingerprint density at radius 1 is 0.900 bits per heavy atom. The highest BCUT2D eigenvalue weighted by atomic mass is 32.2. The van der Waals surface area contributed by atoms with Crippen LogP contribution in [0.5, 0.6) is 0 Å². The smallest absolute Gasteiger partial charge is 0.331 e. The van der Waals surface area contributed by atoms with Crippen molar-refractivity contribution >= 4 is 17.7 Å². The standard InChI is InChI=1S/C17H32O2S/c1-3-5-6-7-8-9-10-11-12-13-15-20-16-14-17(18)19-4-2/h14,16H,3-13,15H2,1-2H3/b16-14-. The normalized spacial score (nSPS) is 11.1. The maximum Gasteiger partial charge on any atom is 0.331 e. The Kier molecular flexibility index (Phi) is 16.2. The summed E-state index contributed by atoms with van der Waals surface area (Å²) in [5.74, 6) is 0.870. The molecule has 0 unspecified atom stereocenters. The molecule has 0 saturated heterocycles. The molecule has 0 heterocycles. The number of carbonyl (C=O) groups excluding carboxylic acids is 1. The Morgan fingerprint density at radius 3 is 2.00 bits per heavy atom. The van der Waals surface area contributed by atoms with Gasteiger partial charge in [-0.2, -0.15) is 0 Å². The van der Waals surface area contributed by atoms with E-state index in [0.717, 1.165) is 5.75 Å². The van der Waals surface area contributed by atoms with E-state index in [9.17, 15) is 4.79 Å². The monoisotopic (exact) mass is 300 g/mol. The molecule has 0 aliphatic carbocycles. The van der Waals surface area contributed by atoms with Gasteiger partial charge in [-0.05, 0) is 24.5 Å². The summed E-state index contributed by atoms with van der Waals surface area (Å²) in [6, 6.07) is 0. The summed E-state index contributed by atoms with van der Waals surface area (Å²) >= 11 is 1.70. The fourth-order valence-electron chi connectivity index (χ4n) is 2.03.